The second kappa shape index (κ2) is 3.02. The topological polar surface area (TPSA) is 56.2 Å². The molecule has 0 spiro atoms. The van der Waals surface area contributed by atoms with Gasteiger partial charge >= 0.3 is 0 Å². The number of rotatable bonds is 0. The normalized spacial score (nSPS) is 10.5. The van der Waals surface area contributed by atoms with Gasteiger partial charge in [0.05, 0.1) is 15.2 Å². The van der Waals surface area contributed by atoms with E-state index in [0.717, 1.165) is 3.57 Å². The quantitative estimate of drug-likeness (QED) is 0.595. The van der Waals surface area contributed by atoms with Crippen LogP contribution in [0.5, 0.6) is 0 Å². The Bertz CT molecular complexity index is 518. The van der Waals surface area contributed by atoms with Crippen LogP contribution in [0.3, 0.4) is 0 Å². The summed E-state index contributed by atoms with van der Waals surface area (Å²) in [5.41, 5.74) is 6.79. The van der Waals surface area contributed by atoms with Crippen LogP contribution in [0.15, 0.2) is 33.7 Å². The molecule has 2 aromatic rings. The zero-order valence-electron chi connectivity index (χ0n) is 6.58. The Kier molecular flexibility index (Phi) is 1.99. The van der Waals surface area contributed by atoms with E-state index >= 15 is 0 Å². The van der Waals surface area contributed by atoms with Crippen molar-refractivity contribution in [2.75, 3.05) is 5.73 Å². The first-order valence-corrected chi connectivity index (χ1v) is 4.73. The molecule has 0 unspecified atom stereocenters. The lowest BCUT2D eigenvalue weighted by atomic mass is 10.2. The van der Waals surface area contributed by atoms with E-state index in [9.17, 15) is 4.79 Å². The van der Waals surface area contributed by atoms with Crippen LogP contribution < -0.4 is 11.2 Å². The lowest BCUT2D eigenvalue weighted by Crippen LogP contribution is -2.02. The van der Waals surface area contributed by atoms with Crippen molar-refractivity contribution >= 4 is 39.2 Å². The number of nitrogens with two attached hydrogens (primary N) is 1. The van der Waals surface area contributed by atoms with Crippen molar-refractivity contribution in [1.82, 2.24) is 0 Å². The highest BCUT2D eigenvalue weighted by atomic mass is 127. The number of hydrogen-bond donors (Lipinski definition) is 1. The number of anilines is 1. The molecule has 0 aliphatic rings. The zero-order chi connectivity index (χ0) is 9.42. The Balaban J connectivity index is 3.06. The van der Waals surface area contributed by atoms with Crippen molar-refractivity contribution in [2.24, 2.45) is 0 Å². The van der Waals surface area contributed by atoms with E-state index < -0.39 is 0 Å². The highest BCUT2D eigenvalue weighted by Gasteiger charge is 2.06. The van der Waals surface area contributed by atoms with Crippen molar-refractivity contribution in [3.05, 3.63) is 38.3 Å². The van der Waals surface area contributed by atoms with Gasteiger partial charge < -0.3 is 10.2 Å². The summed E-state index contributed by atoms with van der Waals surface area (Å²) in [5.74, 6) is 0. The lowest BCUT2D eigenvalue weighted by Gasteiger charge is -2.00. The van der Waals surface area contributed by atoms with Gasteiger partial charge in [0, 0.05) is 11.8 Å². The Morgan fingerprint density at radius 2 is 2.08 bits per heavy atom. The molecule has 0 aliphatic carbocycles. The molecule has 0 atom stereocenters. The second-order valence-corrected chi connectivity index (χ2v) is 3.71. The number of nitrogen functional groups attached to an aromatic ring is 1. The fraction of sp³-hybridized carbons (Fsp3) is 0. The minimum absolute atomic E-state index is 0.0575. The molecule has 0 amide bonds. The van der Waals surface area contributed by atoms with Gasteiger partial charge in [-0.1, -0.05) is 0 Å². The van der Waals surface area contributed by atoms with Crippen molar-refractivity contribution in [2.45, 2.75) is 0 Å². The highest BCUT2D eigenvalue weighted by Crippen LogP contribution is 2.22. The summed E-state index contributed by atoms with van der Waals surface area (Å²) in [5, 5.41) is 0.558. The fourth-order valence-corrected chi connectivity index (χ4v) is 1.87. The number of fused-ring (bicyclic) bond motifs is 1. The largest absolute Gasteiger partial charge is 0.464 e. The van der Waals surface area contributed by atoms with Gasteiger partial charge in [-0.05, 0) is 34.7 Å². The molecule has 0 radical (unpaired) electrons. The Hall–Kier alpha value is -1.04. The van der Waals surface area contributed by atoms with E-state index in [-0.39, 0.29) is 5.43 Å². The van der Waals surface area contributed by atoms with Crippen LogP contribution in [0.1, 0.15) is 0 Å². The summed E-state index contributed by atoms with van der Waals surface area (Å²) in [6, 6.07) is 4.82. The molecule has 1 heterocycles. The summed E-state index contributed by atoms with van der Waals surface area (Å²) in [4.78, 5) is 11.4. The van der Waals surface area contributed by atoms with Crippen molar-refractivity contribution in [3.8, 4) is 0 Å². The molecule has 0 saturated heterocycles. The molecule has 0 saturated carbocycles. The molecule has 0 fully saturated rings. The molecule has 3 nitrogen and oxygen atoms in total. The second-order valence-electron chi connectivity index (χ2n) is 2.63. The molecular formula is C9H6INO2. The average molecular weight is 287 g/mol. The summed E-state index contributed by atoms with van der Waals surface area (Å²) in [6.45, 7) is 0. The number of halogens is 1. The molecule has 2 rings (SSSR count). The van der Waals surface area contributed by atoms with Gasteiger partial charge in [-0.3, -0.25) is 4.79 Å². The molecule has 66 valence electrons. The number of benzene rings is 1. The van der Waals surface area contributed by atoms with E-state index in [0.29, 0.717) is 16.7 Å². The van der Waals surface area contributed by atoms with Gasteiger partial charge in [0.25, 0.3) is 0 Å². The van der Waals surface area contributed by atoms with E-state index in [2.05, 4.69) is 0 Å². The van der Waals surface area contributed by atoms with Gasteiger partial charge in [-0.2, -0.15) is 0 Å². The lowest BCUT2D eigenvalue weighted by molar-refractivity contribution is 0.602. The average Bonchev–Trinajstić information content (AvgIpc) is 2.12. The van der Waals surface area contributed by atoms with E-state index in [1.54, 1.807) is 12.1 Å². The summed E-state index contributed by atoms with van der Waals surface area (Å²) in [7, 11) is 0. The summed E-state index contributed by atoms with van der Waals surface area (Å²) < 4.78 is 5.92. The molecule has 0 bridgehead atoms. The third kappa shape index (κ3) is 1.31. The minimum atomic E-state index is -0.0575. The van der Waals surface area contributed by atoms with E-state index in [1.165, 1.54) is 12.3 Å². The Morgan fingerprint density at radius 1 is 1.31 bits per heavy atom. The maximum atomic E-state index is 11.4. The minimum Gasteiger partial charge on any atom is -0.464 e. The summed E-state index contributed by atoms with van der Waals surface area (Å²) >= 11 is 2.04. The van der Waals surface area contributed by atoms with Crippen LogP contribution in [-0.4, -0.2) is 0 Å². The first-order valence-electron chi connectivity index (χ1n) is 3.65. The van der Waals surface area contributed by atoms with Crippen LogP contribution in [0.2, 0.25) is 0 Å². The highest BCUT2D eigenvalue weighted by molar-refractivity contribution is 14.1. The van der Waals surface area contributed by atoms with Crippen LogP contribution >= 0.6 is 22.6 Å². The molecule has 4 heteroatoms. The van der Waals surface area contributed by atoms with Crippen LogP contribution in [0.25, 0.3) is 11.0 Å². The van der Waals surface area contributed by atoms with Crippen molar-refractivity contribution in [1.29, 1.82) is 0 Å². The van der Waals surface area contributed by atoms with Crippen LogP contribution in [0.4, 0.5) is 5.69 Å². The van der Waals surface area contributed by atoms with Gasteiger partial charge in [0.15, 0.2) is 5.43 Å². The predicted molar refractivity (Wildman–Crippen MR) is 59.6 cm³/mol. The SMILES string of the molecule is Nc1ccc2occc(=O)c2c1I. The first kappa shape index (κ1) is 8.55. The number of hydrogen-bond acceptors (Lipinski definition) is 3. The maximum Gasteiger partial charge on any atom is 0.193 e. The maximum absolute atomic E-state index is 11.4. The van der Waals surface area contributed by atoms with Gasteiger partial charge in [0.1, 0.15) is 5.58 Å². The van der Waals surface area contributed by atoms with E-state index in [4.69, 9.17) is 10.2 Å². The monoisotopic (exact) mass is 287 g/mol. The molecular weight excluding hydrogens is 281 g/mol. The standard InChI is InChI=1S/C9H6INO2/c10-9-5(11)1-2-7-8(9)6(12)3-4-13-7/h1-4H,11H2. The Labute approximate surface area is 87.7 Å². The van der Waals surface area contributed by atoms with Crippen LogP contribution in [0, 0.1) is 3.57 Å². The first-order chi connectivity index (χ1) is 6.20. The molecule has 1 aromatic carbocycles. The smallest absolute Gasteiger partial charge is 0.193 e. The summed E-state index contributed by atoms with van der Waals surface area (Å²) in [6.07, 6.45) is 1.39. The molecule has 2 N–H and O–H groups in total. The third-order valence-electron chi connectivity index (χ3n) is 1.79. The van der Waals surface area contributed by atoms with Crippen LogP contribution in [-0.2, 0) is 0 Å². The molecule has 1 aromatic heterocycles. The van der Waals surface area contributed by atoms with Crippen molar-refractivity contribution < 1.29 is 4.42 Å². The molecule has 0 aliphatic heterocycles. The third-order valence-corrected chi connectivity index (χ3v) is 2.96. The molecule has 13 heavy (non-hydrogen) atoms. The van der Waals surface area contributed by atoms with Gasteiger partial charge in [-0.15, -0.1) is 0 Å². The Morgan fingerprint density at radius 3 is 2.85 bits per heavy atom. The predicted octanol–water partition coefficient (Wildman–Crippen LogP) is 1.98. The van der Waals surface area contributed by atoms with Gasteiger partial charge in [-0.25, -0.2) is 0 Å². The van der Waals surface area contributed by atoms with Crippen molar-refractivity contribution in [3.63, 3.8) is 0 Å². The van der Waals surface area contributed by atoms with Gasteiger partial charge in [0.2, 0.25) is 0 Å². The fourth-order valence-electron chi connectivity index (χ4n) is 1.15. The van der Waals surface area contributed by atoms with E-state index in [1.807, 2.05) is 22.6 Å². The zero-order valence-corrected chi connectivity index (χ0v) is 8.74.